The lowest BCUT2D eigenvalue weighted by Crippen LogP contribution is -2.51. The number of hydrogen-bond acceptors (Lipinski definition) is 7. The summed E-state index contributed by atoms with van der Waals surface area (Å²) < 4.78 is 44.6. The fraction of sp³-hybridized carbons (Fsp3) is 0.793. The molecule has 0 aromatic heterocycles. The molecule has 0 heterocycles. The summed E-state index contributed by atoms with van der Waals surface area (Å²) in [6.45, 7) is 8.98. The van der Waals surface area contributed by atoms with Gasteiger partial charge in [-0.15, -0.1) is 12.4 Å². The average Bonchev–Trinajstić information content (AvgIpc) is 2.89. The van der Waals surface area contributed by atoms with Crippen molar-refractivity contribution in [3.63, 3.8) is 0 Å². The van der Waals surface area contributed by atoms with E-state index in [1.54, 1.807) is 28.1 Å². The third-order valence-electron chi connectivity index (χ3n) is 8.25. The van der Waals surface area contributed by atoms with Gasteiger partial charge in [-0.25, -0.2) is 13.1 Å². The number of halogens is 1. The highest BCUT2D eigenvalue weighted by atomic mass is 35.5. The SMILES string of the molecule is COCCCOc1cc(C[C@@H](C[C@H](N)[C@@H](O)CNS(=O)(=O)C(C)(C)C2CCCCC2)C(C)C)ccc1OC.Cl. The quantitative estimate of drug-likeness (QED) is 0.224. The van der Waals surface area contributed by atoms with Crippen LogP contribution in [0, 0.1) is 17.8 Å². The van der Waals surface area contributed by atoms with Gasteiger partial charge in [-0.05, 0) is 75.0 Å². The number of rotatable bonds is 17. The molecule has 4 N–H and O–H groups in total. The summed E-state index contributed by atoms with van der Waals surface area (Å²) in [7, 11) is -0.311. The number of aliphatic hydroxyl groups excluding tert-OH is 1. The number of hydrogen-bond donors (Lipinski definition) is 3. The first kappa shape index (κ1) is 35.9. The smallest absolute Gasteiger partial charge is 0.217 e. The normalized spacial score (nSPS) is 17.4. The van der Waals surface area contributed by atoms with Crippen molar-refractivity contribution in [2.45, 2.75) is 96.0 Å². The Morgan fingerprint density at radius 1 is 1.10 bits per heavy atom. The summed E-state index contributed by atoms with van der Waals surface area (Å²) in [4.78, 5) is 0. The van der Waals surface area contributed by atoms with E-state index < -0.39 is 26.9 Å². The molecule has 2 rings (SSSR count). The summed E-state index contributed by atoms with van der Waals surface area (Å²) >= 11 is 0. The molecule has 0 spiro atoms. The number of aliphatic hydroxyl groups is 1. The van der Waals surface area contributed by atoms with Crippen LogP contribution in [-0.2, 0) is 21.2 Å². The van der Waals surface area contributed by atoms with E-state index in [9.17, 15) is 13.5 Å². The summed E-state index contributed by atoms with van der Waals surface area (Å²) in [6.07, 6.45) is 6.32. The zero-order valence-electron chi connectivity index (χ0n) is 24.8. The molecule has 1 fully saturated rings. The van der Waals surface area contributed by atoms with Gasteiger partial charge >= 0.3 is 0 Å². The second kappa shape index (κ2) is 17.0. The minimum absolute atomic E-state index is 0. The van der Waals surface area contributed by atoms with Crippen molar-refractivity contribution in [1.82, 2.24) is 4.72 Å². The minimum Gasteiger partial charge on any atom is -0.493 e. The van der Waals surface area contributed by atoms with Crippen LogP contribution in [0.3, 0.4) is 0 Å². The first-order chi connectivity index (χ1) is 17.9. The lowest BCUT2D eigenvalue weighted by molar-refractivity contribution is 0.129. The van der Waals surface area contributed by atoms with Gasteiger partial charge in [-0.1, -0.05) is 39.2 Å². The van der Waals surface area contributed by atoms with Crippen LogP contribution in [0.2, 0.25) is 0 Å². The second-order valence-electron chi connectivity index (χ2n) is 11.6. The van der Waals surface area contributed by atoms with E-state index in [4.69, 9.17) is 19.9 Å². The Balaban J connectivity index is 0.00000760. The maximum Gasteiger partial charge on any atom is 0.217 e. The molecule has 0 amide bonds. The largest absolute Gasteiger partial charge is 0.493 e. The van der Waals surface area contributed by atoms with Gasteiger partial charge in [0, 0.05) is 32.7 Å². The predicted molar refractivity (Wildman–Crippen MR) is 160 cm³/mol. The molecule has 0 radical (unpaired) electrons. The highest BCUT2D eigenvalue weighted by molar-refractivity contribution is 7.90. The fourth-order valence-corrected chi connectivity index (χ4v) is 6.73. The third kappa shape index (κ3) is 10.7. The van der Waals surface area contributed by atoms with Crippen LogP contribution in [0.5, 0.6) is 11.5 Å². The molecular formula is C29H53ClN2O6S. The molecule has 0 aliphatic heterocycles. The number of nitrogens with one attached hydrogen (secondary N) is 1. The first-order valence-corrected chi connectivity index (χ1v) is 15.6. The van der Waals surface area contributed by atoms with E-state index in [2.05, 4.69) is 18.6 Å². The molecule has 8 nitrogen and oxygen atoms in total. The molecule has 1 aliphatic carbocycles. The van der Waals surface area contributed by atoms with Crippen LogP contribution in [0.15, 0.2) is 18.2 Å². The summed E-state index contributed by atoms with van der Waals surface area (Å²) in [5.74, 6) is 2.03. The Bertz CT molecular complexity index is 938. The third-order valence-corrected chi connectivity index (χ3v) is 10.5. The highest BCUT2D eigenvalue weighted by Gasteiger charge is 2.42. The van der Waals surface area contributed by atoms with Gasteiger partial charge in [0.15, 0.2) is 11.5 Å². The molecule has 228 valence electrons. The van der Waals surface area contributed by atoms with Gasteiger partial charge in [0.25, 0.3) is 0 Å². The highest BCUT2D eigenvalue weighted by Crippen LogP contribution is 2.37. The zero-order valence-corrected chi connectivity index (χ0v) is 26.4. The summed E-state index contributed by atoms with van der Waals surface area (Å²) in [5, 5.41) is 10.8. The molecule has 10 heteroatoms. The van der Waals surface area contributed by atoms with E-state index in [-0.39, 0.29) is 30.8 Å². The van der Waals surface area contributed by atoms with Crippen LogP contribution in [0.25, 0.3) is 0 Å². The lowest BCUT2D eigenvalue weighted by Gasteiger charge is -2.36. The van der Waals surface area contributed by atoms with Crippen molar-refractivity contribution < 1.29 is 27.7 Å². The van der Waals surface area contributed by atoms with Gasteiger partial charge in [0.1, 0.15) is 0 Å². The topological polar surface area (TPSA) is 120 Å². The summed E-state index contributed by atoms with van der Waals surface area (Å²) in [6, 6.07) is 5.39. The maximum atomic E-state index is 13.2. The van der Waals surface area contributed by atoms with Crippen molar-refractivity contribution in [3.05, 3.63) is 23.8 Å². The summed E-state index contributed by atoms with van der Waals surface area (Å²) in [5.41, 5.74) is 7.52. The Labute approximate surface area is 243 Å². The molecule has 1 aromatic rings. The first-order valence-electron chi connectivity index (χ1n) is 14.1. The Morgan fingerprint density at radius 2 is 1.77 bits per heavy atom. The average molecular weight is 593 g/mol. The van der Waals surface area contributed by atoms with Crippen molar-refractivity contribution in [2.24, 2.45) is 23.5 Å². The van der Waals surface area contributed by atoms with Gasteiger partial charge in [0.05, 0.1) is 24.6 Å². The Hall–Kier alpha value is -1.10. The van der Waals surface area contributed by atoms with Gasteiger partial charge in [-0.3, -0.25) is 0 Å². The number of ether oxygens (including phenoxy) is 3. The monoisotopic (exact) mass is 592 g/mol. The van der Waals surface area contributed by atoms with Crippen LogP contribution >= 0.6 is 12.4 Å². The van der Waals surface area contributed by atoms with Gasteiger partial charge in [-0.2, -0.15) is 0 Å². The molecule has 1 saturated carbocycles. The number of methoxy groups -OCH3 is 2. The van der Waals surface area contributed by atoms with E-state index in [1.165, 1.54) is 6.42 Å². The van der Waals surface area contributed by atoms with E-state index >= 15 is 0 Å². The van der Waals surface area contributed by atoms with Crippen molar-refractivity contribution in [3.8, 4) is 11.5 Å². The lowest BCUT2D eigenvalue weighted by atomic mass is 9.81. The van der Waals surface area contributed by atoms with E-state index in [1.807, 2.05) is 18.2 Å². The predicted octanol–water partition coefficient (Wildman–Crippen LogP) is 4.70. The number of benzene rings is 1. The molecular weight excluding hydrogens is 540 g/mol. The Kier molecular flexibility index (Phi) is 15.7. The minimum atomic E-state index is -3.60. The second-order valence-corrected chi connectivity index (χ2v) is 14.0. The van der Waals surface area contributed by atoms with Crippen LogP contribution in [0.4, 0.5) is 0 Å². The molecule has 0 unspecified atom stereocenters. The molecule has 0 saturated heterocycles. The molecule has 0 bridgehead atoms. The molecule has 1 aromatic carbocycles. The standard InChI is InChI=1S/C29H52N2O6S.ClH/c1-21(2)23(17-22-13-14-27(36-6)28(18-22)37-16-10-15-35-5)19-25(30)26(32)20-31-38(33,34)29(3,4)24-11-8-7-9-12-24;/h13-14,18,21,23-26,31-32H,7-12,15-17,19-20,30H2,1-6H3;1H/t23-,25-,26-;/m0./s1. The number of sulfonamides is 1. The molecule has 1 aliphatic rings. The Morgan fingerprint density at radius 3 is 2.36 bits per heavy atom. The molecule has 3 atom stereocenters. The van der Waals surface area contributed by atoms with Gasteiger partial charge in [0.2, 0.25) is 10.0 Å². The maximum absolute atomic E-state index is 13.2. The number of nitrogens with two attached hydrogens (primary N) is 1. The van der Waals surface area contributed by atoms with Crippen molar-refractivity contribution in [2.75, 3.05) is 34.0 Å². The van der Waals surface area contributed by atoms with Crippen LogP contribution in [0.1, 0.15) is 78.2 Å². The van der Waals surface area contributed by atoms with E-state index in [0.717, 1.165) is 44.1 Å². The zero-order chi connectivity index (χ0) is 28.3. The van der Waals surface area contributed by atoms with Crippen molar-refractivity contribution >= 4 is 22.4 Å². The fourth-order valence-electron chi connectivity index (χ4n) is 5.30. The van der Waals surface area contributed by atoms with Crippen molar-refractivity contribution in [1.29, 1.82) is 0 Å². The van der Waals surface area contributed by atoms with Gasteiger partial charge < -0.3 is 25.1 Å². The van der Waals surface area contributed by atoms with Crippen LogP contribution < -0.4 is 19.9 Å². The van der Waals surface area contributed by atoms with Crippen LogP contribution in [-0.4, -0.2) is 64.4 Å². The van der Waals surface area contributed by atoms with E-state index in [0.29, 0.717) is 37.1 Å². The molecule has 39 heavy (non-hydrogen) atoms.